The van der Waals surface area contributed by atoms with Crippen LogP contribution in [0.2, 0.25) is 0 Å². The van der Waals surface area contributed by atoms with Crippen molar-refractivity contribution in [3.63, 3.8) is 0 Å². The Morgan fingerprint density at radius 3 is 2.67 bits per heavy atom. The van der Waals surface area contributed by atoms with E-state index in [4.69, 9.17) is 15.2 Å². The molecule has 2 N–H and O–H groups in total. The minimum Gasteiger partial charge on any atom is -0.486 e. The molecule has 2 heterocycles. The molecule has 0 aliphatic carbocycles. The van der Waals surface area contributed by atoms with Crippen molar-refractivity contribution in [2.75, 3.05) is 26.2 Å². The van der Waals surface area contributed by atoms with Gasteiger partial charge in [-0.3, -0.25) is 9.69 Å². The predicted molar refractivity (Wildman–Crippen MR) is 79.3 cm³/mol. The number of amides is 1. The lowest BCUT2D eigenvalue weighted by Gasteiger charge is -2.39. The third kappa shape index (κ3) is 2.97. The van der Waals surface area contributed by atoms with Gasteiger partial charge >= 0.3 is 0 Å². The maximum absolute atomic E-state index is 11.5. The van der Waals surface area contributed by atoms with Crippen molar-refractivity contribution >= 4 is 5.91 Å². The first kappa shape index (κ1) is 14.2. The van der Waals surface area contributed by atoms with E-state index in [1.165, 1.54) is 0 Å². The number of nitrogens with two attached hydrogens (primary N) is 1. The number of piperidine rings is 1. The maximum atomic E-state index is 11.5. The zero-order chi connectivity index (χ0) is 14.9. The van der Waals surface area contributed by atoms with Crippen LogP contribution in [0.3, 0.4) is 0 Å². The molecule has 0 spiro atoms. The second-order valence-corrected chi connectivity index (χ2v) is 6.22. The highest BCUT2D eigenvalue weighted by molar-refractivity contribution is 5.80. The molecule has 1 amide bonds. The Kier molecular flexibility index (Phi) is 3.76. The Morgan fingerprint density at radius 2 is 2.00 bits per heavy atom. The van der Waals surface area contributed by atoms with Gasteiger partial charge in [-0.15, -0.1) is 0 Å². The van der Waals surface area contributed by atoms with Crippen LogP contribution >= 0.6 is 0 Å². The highest BCUT2D eigenvalue weighted by atomic mass is 16.6. The summed E-state index contributed by atoms with van der Waals surface area (Å²) in [5.74, 6) is 1.44. The number of hydrogen-bond donors (Lipinski definition) is 1. The zero-order valence-corrected chi connectivity index (χ0v) is 12.4. The fraction of sp³-hybridized carbons (Fsp3) is 0.562. The van der Waals surface area contributed by atoms with Gasteiger partial charge in [-0.2, -0.15) is 0 Å². The summed E-state index contributed by atoms with van der Waals surface area (Å²) in [5, 5.41) is 0. The third-order valence-corrected chi connectivity index (χ3v) is 4.58. The van der Waals surface area contributed by atoms with E-state index in [-0.39, 0.29) is 17.4 Å². The number of benzene rings is 1. The van der Waals surface area contributed by atoms with E-state index in [0.717, 1.165) is 44.0 Å². The normalized spacial score (nSPS) is 24.5. The standard InChI is InChI=1S/C16H22N2O3/c1-16(15(17)19)6-8-18(9-7-16)10-12-11-20-13-4-2-3-5-14(13)21-12/h2-5,12H,6-11H2,1H3,(H2,17,19). The van der Waals surface area contributed by atoms with E-state index in [0.29, 0.717) is 6.61 Å². The molecule has 1 fully saturated rings. The van der Waals surface area contributed by atoms with E-state index in [9.17, 15) is 4.79 Å². The molecule has 0 saturated carbocycles. The molecule has 114 valence electrons. The van der Waals surface area contributed by atoms with Gasteiger partial charge in [-0.25, -0.2) is 0 Å². The lowest BCUT2D eigenvalue weighted by molar-refractivity contribution is -0.129. The maximum Gasteiger partial charge on any atom is 0.223 e. The van der Waals surface area contributed by atoms with Gasteiger partial charge in [0, 0.05) is 12.0 Å². The van der Waals surface area contributed by atoms with Gasteiger partial charge in [-0.05, 0) is 38.1 Å². The molecular weight excluding hydrogens is 268 g/mol. The van der Waals surface area contributed by atoms with Gasteiger partial charge in [0.1, 0.15) is 12.7 Å². The lowest BCUT2D eigenvalue weighted by Crippen LogP contribution is -2.49. The average molecular weight is 290 g/mol. The molecule has 1 saturated heterocycles. The zero-order valence-electron chi connectivity index (χ0n) is 12.4. The Bertz CT molecular complexity index is 524. The third-order valence-electron chi connectivity index (χ3n) is 4.58. The first-order valence-electron chi connectivity index (χ1n) is 7.48. The predicted octanol–water partition coefficient (Wildman–Crippen LogP) is 1.41. The highest BCUT2D eigenvalue weighted by Crippen LogP contribution is 2.33. The first-order chi connectivity index (χ1) is 10.1. The quantitative estimate of drug-likeness (QED) is 0.914. The van der Waals surface area contributed by atoms with Crippen molar-refractivity contribution in [2.45, 2.75) is 25.9 Å². The van der Waals surface area contributed by atoms with Crippen LogP contribution in [-0.4, -0.2) is 43.2 Å². The molecule has 2 aliphatic heterocycles. The van der Waals surface area contributed by atoms with E-state index in [1.54, 1.807) is 0 Å². The Morgan fingerprint density at radius 1 is 1.33 bits per heavy atom. The summed E-state index contributed by atoms with van der Waals surface area (Å²) in [6, 6.07) is 7.74. The highest BCUT2D eigenvalue weighted by Gasteiger charge is 2.36. The smallest absolute Gasteiger partial charge is 0.223 e. The number of primary amides is 1. The summed E-state index contributed by atoms with van der Waals surface area (Å²) in [6.45, 7) is 5.11. The van der Waals surface area contributed by atoms with E-state index >= 15 is 0 Å². The molecule has 2 aliphatic rings. The van der Waals surface area contributed by atoms with Gasteiger partial charge in [0.05, 0.1) is 0 Å². The number of para-hydroxylation sites is 2. The van der Waals surface area contributed by atoms with Crippen LogP contribution in [0, 0.1) is 5.41 Å². The molecular formula is C16H22N2O3. The minimum atomic E-state index is -0.354. The molecule has 1 unspecified atom stereocenters. The molecule has 5 heteroatoms. The van der Waals surface area contributed by atoms with Crippen LogP contribution in [0.25, 0.3) is 0 Å². The van der Waals surface area contributed by atoms with Crippen molar-refractivity contribution in [1.82, 2.24) is 4.90 Å². The van der Waals surface area contributed by atoms with Crippen molar-refractivity contribution in [1.29, 1.82) is 0 Å². The Hall–Kier alpha value is -1.75. The van der Waals surface area contributed by atoms with Gasteiger partial charge in [0.2, 0.25) is 5.91 Å². The number of hydrogen-bond acceptors (Lipinski definition) is 4. The summed E-state index contributed by atoms with van der Waals surface area (Å²) in [6.07, 6.45) is 1.66. The van der Waals surface area contributed by atoms with E-state index < -0.39 is 0 Å². The minimum absolute atomic E-state index is 0.0397. The molecule has 21 heavy (non-hydrogen) atoms. The van der Waals surface area contributed by atoms with E-state index in [1.807, 2.05) is 31.2 Å². The first-order valence-corrected chi connectivity index (χ1v) is 7.48. The van der Waals surface area contributed by atoms with Gasteiger partial charge < -0.3 is 15.2 Å². The Balaban J connectivity index is 1.54. The van der Waals surface area contributed by atoms with Crippen molar-refractivity contribution in [2.24, 2.45) is 11.1 Å². The molecule has 0 aromatic heterocycles. The molecule has 1 aromatic carbocycles. The van der Waals surface area contributed by atoms with Crippen LogP contribution in [0.5, 0.6) is 11.5 Å². The van der Waals surface area contributed by atoms with Crippen LogP contribution in [0.4, 0.5) is 0 Å². The molecule has 1 atom stereocenters. The second-order valence-electron chi connectivity index (χ2n) is 6.22. The number of carbonyl (C=O) groups excluding carboxylic acids is 1. The largest absolute Gasteiger partial charge is 0.486 e. The number of fused-ring (bicyclic) bond motifs is 1. The summed E-state index contributed by atoms with van der Waals surface area (Å²) < 4.78 is 11.7. The fourth-order valence-electron chi connectivity index (χ4n) is 2.92. The van der Waals surface area contributed by atoms with Gasteiger partial charge in [-0.1, -0.05) is 19.1 Å². The number of ether oxygens (including phenoxy) is 2. The Labute approximate surface area is 125 Å². The van der Waals surface area contributed by atoms with Crippen LogP contribution in [0.1, 0.15) is 19.8 Å². The summed E-state index contributed by atoms with van der Waals surface area (Å²) in [5.41, 5.74) is 5.13. The lowest BCUT2D eigenvalue weighted by atomic mass is 9.80. The average Bonchev–Trinajstić information content (AvgIpc) is 2.49. The summed E-state index contributed by atoms with van der Waals surface area (Å²) in [4.78, 5) is 13.8. The molecule has 0 radical (unpaired) electrons. The molecule has 3 rings (SSSR count). The molecule has 5 nitrogen and oxygen atoms in total. The van der Waals surface area contributed by atoms with Crippen molar-refractivity contribution in [3.05, 3.63) is 24.3 Å². The number of rotatable bonds is 3. The van der Waals surface area contributed by atoms with Crippen LogP contribution in [-0.2, 0) is 4.79 Å². The molecule has 1 aromatic rings. The number of likely N-dealkylation sites (tertiary alicyclic amines) is 1. The second kappa shape index (κ2) is 5.56. The summed E-state index contributed by atoms with van der Waals surface area (Å²) in [7, 11) is 0. The van der Waals surface area contributed by atoms with Gasteiger partial charge in [0.15, 0.2) is 11.5 Å². The number of nitrogens with zero attached hydrogens (tertiary/aromatic N) is 1. The summed E-state index contributed by atoms with van der Waals surface area (Å²) >= 11 is 0. The van der Waals surface area contributed by atoms with Gasteiger partial charge in [0.25, 0.3) is 0 Å². The van der Waals surface area contributed by atoms with E-state index in [2.05, 4.69) is 4.90 Å². The molecule has 0 bridgehead atoms. The van der Waals surface area contributed by atoms with Crippen molar-refractivity contribution in [3.8, 4) is 11.5 Å². The number of carbonyl (C=O) groups is 1. The van der Waals surface area contributed by atoms with Crippen LogP contribution < -0.4 is 15.2 Å². The topological polar surface area (TPSA) is 64.8 Å². The van der Waals surface area contributed by atoms with Crippen LogP contribution in [0.15, 0.2) is 24.3 Å². The monoisotopic (exact) mass is 290 g/mol. The van der Waals surface area contributed by atoms with Crippen molar-refractivity contribution < 1.29 is 14.3 Å². The fourth-order valence-corrected chi connectivity index (χ4v) is 2.92. The SMILES string of the molecule is CC1(C(N)=O)CCN(CC2COc3ccccc3O2)CC1.